The van der Waals surface area contributed by atoms with Gasteiger partial charge in [0.25, 0.3) is 12.8 Å². The van der Waals surface area contributed by atoms with Gasteiger partial charge in [0, 0.05) is 43.2 Å². The summed E-state index contributed by atoms with van der Waals surface area (Å²) >= 11 is 0. The van der Waals surface area contributed by atoms with E-state index in [0.29, 0.717) is 6.42 Å². The average molecular weight is 848 g/mol. The molecule has 1 fully saturated rings. The predicted octanol–water partition coefficient (Wildman–Crippen LogP) is 1.77. The van der Waals surface area contributed by atoms with Crippen molar-refractivity contribution in [2.24, 2.45) is 17.6 Å². The number of carbonyl (C=O) groups is 8. The van der Waals surface area contributed by atoms with Gasteiger partial charge in [-0.25, -0.2) is 0 Å². The molecule has 7 atom stereocenters. The topological polar surface area (TPSA) is 263 Å². The van der Waals surface area contributed by atoms with E-state index in [2.05, 4.69) is 35.0 Å². The smallest absolute Gasteiger partial charge is 0.286 e. The third-order valence-electron chi connectivity index (χ3n) is 10.9. The minimum absolute atomic E-state index is 0.102. The Kier molecular flexibility index (Phi) is 19.9. The number of aliphatic hydroxyl groups is 2. The number of nitrogens with zero attached hydrogens (tertiary/aromatic N) is 1. The standard InChI is InChI=1S/C44H62BN5O11/c1-6-7-9-29-11-13-30(14-12-29)31-15-17-32(18-16-31)42(58)48-34(25-51)37(54)23-27(3)44(60)50-21-8-10-35(50)43(59)49-40(28(4)52)38(55)22-26(2)41(57)47-33(24-39(46)56)36(53)19-20-45(5)61/h11-18,26-28,33-35,40,51-52,61H,6-10,19-25H2,1-5H3,(H2,46,56)(H,47,57)(H,48,58)(H,49,59)/t26-,27+,28?,33+,34-,35+,40+/m1/s1. The molecule has 16 nitrogen and oxygen atoms in total. The van der Waals surface area contributed by atoms with E-state index in [9.17, 15) is 53.6 Å². The molecule has 0 aromatic heterocycles. The second kappa shape index (κ2) is 24.3. The molecule has 17 heteroatoms. The van der Waals surface area contributed by atoms with Crippen molar-refractivity contribution in [3.63, 3.8) is 0 Å². The fourth-order valence-corrected chi connectivity index (χ4v) is 7.17. The predicted molar refractivity (Wildman–Crippen MR) is 229 cm³/mol. The highest BCUT2D eigenvalue weighted by molar-refractivity contribution is 6.48. The van der Waals surface area contributed by atoms with E-state index < -0.39 is 115 Å². The molecule has 61 heavy (non-hydrogen) atoms. The number of carbonyl (C=O) groups excluding carboxylic acids is 8. The molecule has 0 aliphatic carbocycles. The van der Waals surface area contributed by atoms with Gasteiger partial charge in [-0.2, -0.15) is 0 Å². The van der Waals surface area contributed by atoms with Crippen LogP contribution in [0.4, 0.5) is 0 Å². The summed E-state index contributed by atoms with van der Waals surface area (Å²) in [6.07, 6.45) is 1.21. The Bertz CT molecular complexity index is 1850. The van der Waals surface area contributed by atoms with Crippen molar-refractivity contribution in [2.45, 2.75) is 129 Å². The van der Waals surface area contributed by atoms with Crippen LogP contribution in [0.5, 0.6) is 0 Å². The lowest BCUT2D eigenvalue weighted by molar-refractivity contribution is -0.143. The van der Waals surface area contributed by atoms with Gasteiger partial charge in [-0.1, -0.05) is 70.4 Å². The molecule has 1 heterocycles. The van der Waals surface area contributed by atoms with E-state index >= 15 is 0 Å². The van der Waals surface area contributed by atoms with Crippen molar-refractivity contribution >= 4 is 53.8 Å². The molecule has 8 N–H and O–H groups in total. The summed E-state index contributed by atoms with van der Waals surface area (Å²) in [5.41, 5.74) is 8.69. The van der Waals surface area contributed by atoms with E-state index in [1.165, 1.54) is 38.1 Å². The highest BCUT2D eigenvalue weighted by Crippen LogP contribution is 2.24. The summed E-state index contributed by atoms with van der Waals surface area (Å²) in [7, 11) is 0. The number of rotatable bonds is 25. The molecule has 0 bridgehead atoms. The zero-order chi connectivity index (χ0) is 45.4. The monoisotopic (exact) mass is 847 g/mol. The molecule has 1 aliphatic heterocycles. The fourth-order valence-electron chi connectivity index (χ4n) is 7.17. The Morgan fingerprint density at radius 1 is 0.820 bits per heavy atom. The van der Waals surface area contributed by atoms with Gasteiger partial charge in [-0.05, 0) is 67.8 Å². The number of Topliss-reactive ketones (excluding diaryl/α,β-unsaturated/α-hetero) is 3. The van der Waals surface area contributed by atoms with E-state index in [1.807, 2.05) is 12.1 Å². The molecule has 0 spiro atoms. The molecule has 332 valence electrons. The van der Waals surface area contributed by atoms with Crippen molar-refractivity contribution in [1.29, 1.82) is 0 Å². The lowest BCUT2D eigenvalue weighted by atomic mass is 9.66. The fraction of sp³-hybridized carbons (Fsp3) is 0.545. The molecule has 1 unspecified atom stereocenters. The van der Waals surface area contributed by atoms with Crippen LogP contribution in [0.3, 0.4) is 0 Å². The summed E-state index contributed by atoms with van der Waals surface area (Å²) in [6, 6.07) is 10.0. The molecule has 1 aliphatic rings. The molecular formula is C44H62BN5O11. The molecule has 3 rings (SSSR count). The Morgan fingerprint density at radius 3 is 1.98 bits per heavy atom. The Morgan fingerprint density at radius 2 is 1.43 bits per heavy atom. The summed E-state index contributed by atoms with van der Waals surface area (Å²) in [6.45, 7) is 6.51. The zero-order valence-corrected chi connectivity index (χ0v) is 35.9. The van der Waals surface area contributed by atoms with Gasteiger partial charge >= 0.3 is 0 Å². The van der Waals surface area contributed by atoms with Gasteiger partial charge in [0.15, 0.2) is 17.3 Å². The van der Waals surface area contributed by atoms with Gasteiger partial charge in [0.2, 0.25) is 23.6 Å². The number of amides is 5. The normalized spacial score (nSPS) is 16.6. The number of aryl methyl sites for hydroxylation is 1. The van der Waals surface area contributed by atoms with Crippen LogP contribution >= 0.6 is 0 Å². The van der Waals surface area contributed by atoms with Gasteiger partial charge in [0.1, 0.15) is 18.1 Å². The third kappa shape index (κ3) is 15.3. The maximum atomic E-state index is 13.6. The second-order valence-electron chi connectivity index (χ2n) is 16.2. The number of aliphatic hydroxyl groups excluding tert-OH is 2. The highest BCUT2D eigenvalue weighted by Gasteiger charge is 2.39. The van der Waals surface area contributed by atoms with Crippen LogP contribution in [0.2, 0.25) is 13.1 Å². The first kappa shape index (κ1) is 50.1. The third-order valence-corrected chi connectivity index (χ3v) is 10.9. The quantitative estimate of drug-likeness (QED) is 0.0709. The molecule has 1 saturated heterocycles. The Hall–Kier alpha value is -5.26. The van der Waals surface area contributed by atoms with Crippen molar-refractivity contribution in [3.05, 3.63) is 59.7 Å². The number of benzene rings is 2. The molecular weight excluding hydrogens is 785 g/mol. The van der Waals surface area contributed by atoms with Crippen LogP contribution in [-0.4, -0.2) is 117 Å². The number of unbranched alkanes of at least 4 members (excludes halogenated alkanes) is 1. The summed E-state index contributed by atoms with van der Waals surface area (Å²) in [4.78, 5) is 105. The number of ketones is 3. The number of likely N-dealkylation sites (tertiary alicyclic amines) is 1. The summed E-state index contributed by atoms with van der Waals surface area (Å²) in [5, 5.41) is 37.5. The molecule has 2 aromatic carbocycles. The number of nitrogens with two attached hydrogens (primary N) is 1. The first-order chi connectivity index (χ1) is 28.9. The Balaban J connectivity index is 1.57. The van der Waals surface area contributed by atoms with Gasteiger partial charge in [-0.15, -0.1) is 0 Å². The number of nitrogens with one attached hydrogen (secondary N) is 3. The van der Waals surface area contributed by atoms with E-state index in [-0.39, 0.29) is 37.7 Å². The average Bonchev–Trinajstić information content (AvgIpc) is 3.72. The van der Waals surface area contributed by atoms with Crippen LogP contribution in [0.25, 0.3) is 11.1 Å². The van der Waals surface area contributed by atoms with Crippen molar-refractivity contribution < 1.29 is 53.6 Å². The minimum Gasteiger partial charge on any atom is -0.451 e. The second-order valence-corrected chi connectivity index (χ2v) is 16.2. The van der Waals surface area contributed by atoms with Crippen LogP contribution in [0.1, 0.15) is 95.0 Å². The maximum absolute atomic E-state index is 13.6. The number of hydrogen-bond donors (Lipinski definition) is 7. The van der Waals surface area contributed by atoms with Crippen LogP contribution in [-0.2, 0) is 40.0 Å². The van der Waals surface area contributed by atoms with Crippen LogP contribution < -0.4 is 21.7 Å². The van der Waals surface area contributed by atoms with Gasteiger partial charge in [-0.3, -0.25) is 38.4 Å². The lowest BCUT2D eigenvalue weighted by Gasteiger charge is -2.29. The van der Waals surface area contributed by atoms with Crippen LogP contribution in [0.15, 0.2) is 48.5 Å². The van der Waals surface area contributed by atoms with E-state index in [1.54, 1.807) is 24.3 Å². The summed E-state index contributed by atoms with van der Waals surface area (Å²) < 4.78 is 0. The van der Waals surface area contributed by atoms with Gasteiger partial charge in [0.05, 0.1) is 25.2 Å². The van der Waals surface area contributed by atoms with Crippen molar-refractivity contribution in [1.82, 2.24) is 20.9 Å². The number of hydrogen-bond acceptors (Lipinski definition) is 11. The SMILES string of the molecule is CCCCc1ccc(-c2ccc(C(=O)N[C@H](CO)C(=O)C[C@H](C)C(=O)N3CCC[C@H]3C(=O)N[C@H](C(=O)C[C@@H](C)C(=O)N[C@@H](CC(N)=O)C(=O)CCB(C)O)C(C)O)cc2)cc1. The molecule has 5 amide bonds. The van der Waals surface area contributed by atoms with Gasteiger partial charge < -0.3 is 41.8 Å². The van der Waals surface area contributed by atoms with Crippen molar-refractivity contribution in [2.75, 3.05) is 13.2 Å². The lowest BCUT2D eigenvalue weighted by Crippen LogP contribution is -2.55. The molecule has 0 radical (unpaired) electrons. The highest BCUT2D eigenvalue weighted by atomic mass is 16.3. The maximum Gasteiger partial charge on any atom is 0.286 e. The zero-order valence-electron chi connectivity index (χ0n) is 35.9. The van der Waals surface area contributed by atoms with Crippen molar-refractivity contribution in [3.8, 4) is 11.1 Å². The summed E-state index contributed by atoms with van der Waals surface area (Å²) in [5.74, 6) is -7.20. The minimum atomic E-state index is -1.46. The first-order valence-corrected chi connectivity index (χ1v) is 21.1. The van der Waals surface area contributed by atoms with E-state index in [0.717, 1.165) is 30.4 Å². The molecule has 0 saturated carbocycles. The Labute approximate surface area is 357 Å². The largest absolute Gasteiger partial charge is 0.451 e. The first-order valence-electron chi connectivity index (χ1n) is 21.1. The molecule has 2 aromatic rings. The van der Waals surface area contributed by atoms with E-state index in [4.69, 9.17) is 5.73 Å². The number of primary amides is 1. The van der Waals surface area contributed by atoms with Crippen LogP contribution in [0, 0.1) is 11.8 Å².